The summed E-state index contributed by atoms with van der Waals surface area (Å²) in [7, 11) is 0. The zero-order chi connectivity index (χ0) is 15.9. The molecule has 0 aromatic carbocycles. The van der Waals surface area contributed by atoms with Crippen LogP contribution < -0.4 is 5.84 Å². The number of alkyl halides is 3. The molecule has 6 nitrogen and oxygen atoms in total. The molecule has 3 aromatic heterocycles. The van der Waals surface area contributed by atoms with Crippen molar-refractivity contribution in [1.29, 1.82) is 0 Å². The van der Waals surface area contributed by atoms with Crippen molar-refractivity contribution in [3.05, 3.63) is 40.5 Å². The van der Waals surface area contributed by atoms with Crippen molar-refractivity contribution in [3.63, 3.8) is 0 Å². The number of thioether (sulfide) groups is 1. The van der Waals surface area contributed by atoms with E-state index in [2.05, 4.69) is 31.1 Å². The highest BCUT2D eigenvalue weighted by molar-refractivity contribution is 9.10. The van der Waals surface area contributed by atoms with E-state index >= 15 is 0 Å². The number of fused-ring (bicyclic) bond motifs is 1. The maximum atomic E-state index is 12.6. The number of pyridine rings is 1. The Morgan fingerprint density at radius 1 is 1.23 bits per heavy atom. The quantitative estimate of drug-likeness (QED) is 0.547. The fourth-order valence-corrected chi connectivity index (χ4v) is 2.89. The zero-order valence-corrected chi connectivity index (χ0v) is 13.2. The van der Waals surface area contributed by atoms with Crippen LogP contribution in [0.3, 0.4) is 0 Å². The minimum Gasteiger partial charge on any atom is -0.335 e. The third kappa shape index (κ3) is 2.90. The summed E-state index contributed by atoms with van der Waals surface area (Å²) in [5, 5.41) is 6.50. The van der Waals surface area contributed by atoms with Crippen molar-refractivity contribution in [1.82, 2.24) is 24.3 Å². The number of imidazole rings is 1. The summed E-state index contributed by atoms with van der Waals surface area (Å²) in [5.74, 6) is 4.47. The predicted molar refractivity (Wildman–Crippen MR) is 77.6 cm³/mol. The predicted octanol–water partition coefficient (Wildman–Crippen LogP) is 2.71. The molecule has 2 N–H and O–H groups in total. The fourth-order valence-electron chi connectivity index (χ4n) is 1.79. The van der Waals surface area contributed by atoms with Gasteiger partial charge in [-0.3, -0.25) is 0 Å². The van der Waals surface area contributed by atoms with Crippen LogP contribution >= 0.6 is 27.7 Å². The second kappa shape index (κ2) is 5.47. The summed E-state index contributed by atoms with van der Waals surface area (Å²) in [5.41, 5.74) is 1.43. The normalized spacial score (nSPS) is 12.2. The summed E-state index contributed by atoms with van der Waals surface area (Å²) in [4.78, 5) is 4.35. The van der Waals surface area contributed by atoms with Gasteiger partial charge in [0.15, 0.2) is 0 Å². The van der Waals surface area contributed by atoms with Gasteiger partial charge < -0.3 is 10.2 Å². The molecular formula is C11H8BrF3N6S. The zero-order valence-electron chi connectivity index (χ0n) is 10.8. The number of hydrogen-bond donors (Lipinski definition) is 1. The SMILES string of the molecule is Nn1c(SCc2cn3cc(Br)ccc3n2)nnc1C(F)(F)F. The molecule has 0 saturated heterocycles. The van der Waals surface area contributed by atoms with Crippen LogP contribution in [-0.2, 0) is 11.9 Å². The van der Waals surface area contributed by atoms with Gasteiger partial charge in [-0.2, -0.15) is 13.2 Å². The Kier molecular flexibility index (Phi) is 3.77. The second-order valence-electron chi connectivity index (χ2n) is 4.31. The van der Waals surface area contributed by atoms with E-state index in [1.165, 1.54) is 0 Å². The number of hydrogen-bond acceptors (Lipinski definition) is 5. The van der Waals surface area contributed by atoms with Gasteiger partial charge in [0.05, 0.1) is 5.69 Å². The second-order valence-corrected chi connectivity index (χ2v) is 6.17. The molecule has 0 saturated carbocycles. The molecule has 3 rings (SSSR count). The van der Waals surface area contributed by atoms with Crippen molar-refractivity contribution < 1.29 is 13.2 Å². The number of aromatic nitrogens is 5. The number of nitrogens with two attached hydrogens (primary N) is 1. The molecular weight excluding hydrogens is 385 g/mol. The van der Waals surface area contributed by atoms with E-state index in [1.807, 2.05) is 22.7 Å². The molecule has 0 spiro atoms. The smallest absolute Gasteiger partial charge is 0.335 e. The van der Waals surface area contributed by atoms with E-state index in [1.54, 1.807) is 6.20 Å². The third-order valence-corrected chi connectivity index (χ3v) is 4.18. The van der Waals surface area contributed by atoms with E-state index in [4.69, 9.17) is 5.84 Å². The fraction of sp³-hybridized carbons (Fsp3) is 0.182. The van der Waals surface area contributed by atoms with E-state index in [9.17, 15) is 13.2 Å². The van der Waals surface area contributed by atoms with Crippen molar-refractivity contribution in [2.24, 2.45) is 0 Å². The molecule has 3 heterocycles. The lowest BCUT2D eigenvalue weighted by Gasteiger charge is -2.05. The number of nitrogen functional groups attached to an aromatic ring is 1. The Labute approximate surface area is 134 Å². The summed E-state index contributed by atoms with van der Waals surface area (Å²) in [6.07, 6.45) is -1.01. The third-order valence-electron chi connectivity index (χ3n) is 2.73. The molecule has 0 fully saturated rings. The van der Waals surface area contributed by atoms with E-state index in [0.29, 0.717) is 16.1 Å². The Morgan fingerprint density at radius 3 is 2.68 bits per heavy atom. The van der Waals surface area contributed by atoms with Crippen LogP contribution in [-0.4, -0.2) is 24.3 Å². The van der Waals surface area contributed by atoms with Gasteiger partial charge in [0.2, 0.25) is 5.16 Å². The summed E-state index contributed by atoms with van der Waals surface area (Å²) >= 11 is 4.38. The van der Waals surface area contributed by atoms with Crippen LogP contribution in [0.1, 0.15) is 11.5 Å². The number of rotatable bonds is 3. The van der Waals surface area contributed by atoms with Gasteiger partial charge >= 0.3 is 6.18 Å². The van der Waals surface area contributed by atoms with Gasteiger partial charge in [-0.1, -0.05) is 11.8 Å². The maximum Gasteiger partial charge on any atom is 0.453 e. The van der Waals surface area contributed by atoms with Crippen molar-refractivity contribution in [3.8, 4) is 0 Å². The Hall–Kier alpha value is -1.75. The van der Waals surface area contributed by atoms with E-state index in [0.717, 1.165) is 21.9 Å². The molecule has 0 radical (unpaired) electrons. The standard InChI is InChI=1S/C11H8BrF3N6S/c12-6-1-2-8-17-7(4-20(8)3-6)5-22-10-19-18-9(21(10)16)11(13,14)15/h1-4H,5,16H2. The molecule has 0 bridgehead atoms. The minimum absolute atomic E-state index is 0.0226. The Morgan fingerprint density at radius 2 is 2.00 bits per heavy atom. The van der Waals surface area contributed by atoms with Crippen molar-refractivity contribution in [2.45, 2.75) is 17.1 Å². The van der Waals surface area contributed by atoms with Crippen LogP contribution in [0.25, 0.3) is 5.65 Å². The molecule has 0 aliphatic rings. The van der Waals surface area contributed by atoms with Crippen molar-refractivity contribution in [2.75, 3.05) is 5.84 Å². The van der Waals surface area contributed by atoms with Gasteiger partial charge in [-0.15, -0.1) is 10.2 Å². The molecule has 22 heavy (non-hydrogen) atoms. The van der Waals surface area contributed by atoms with Crippen LogP contribution in [0.2, 0.25) is 0 Å². The highest BCUT2D eigenvalue weighted by Gasteiger charge is 2.38. The monoisotopic (exact) mass is 392 g/mol. The summed E-state index contributed by atoms with van der Waals surface area (Å²) in [6.45, 7) is 0. The van der Waals surface area contributed by atoms with Crippen LogP contribution in [0.5, 0.6) is 0 Å². The van der Waals surface area contributed by atoms with Crippen LogP contribution in [0, 0.1) is 0 Å². The van der Waals surface area contributed by atoms with Gasteiger partial charge in [0, 0.05) is 22.6 Å². The highest BCUT2D eigenvalue weighted by atomic mass is 79.9. The lowest BCUT2D eigenvalue weighted by atomic mass is 10.5. The first-order valence-electron chi connectivity index (χ1n) is 5.88. The molecule has 0 unspecified atom stereocenters. The molecule has 3 aromatic rings. The van der Waals surface area contributed by atoms with E-state index in [-0.39, 0.29) is 5.16 Å². The highest BCUT2D eigenvalue weighted by Crippen LogP contribution is 2.29. The molecule has 116 valence electrons. The van der Waals surface area contributed by atoms with E-state index < -0.39 is 12.0 Å². The average Bonchev–Trinajstić information content (AvgIpc) is 2.98. The van der Waals surface area contributed by atoms with Gasteiger partial charge in [-0.25, -0.2) is 9.66 Å². The summed E-state index contributed by atoms with van der Waals surface area (Å²) in [6, 6.07) is 3.68. The number of nitrogens with zero attached hydrogens (tertiary/aromatic N) is 5. The maximum absolute atomic E-state index is 12.6. The molecule has 0 atom stereocenters. The first-order valence-corrected chi connectivity index (χ1v) is 7.66. The molecule has 0 aliphatic carbocycles. The number of halogens is 4. The summed E-state index contributed by atoms with van der Waals surface area (Å²) < 4.78 is 40.9. The first-order chi connectivity index (χ1) is 10.3. The van der Waals surface area contributed by atoms with Gasteiger partial charge in [0.1, 0.15) is 5.65 Å². The molecule has 0 amide bonds. The minimum atomic E-state index is -4.63. The first kappa shape index (κ1) is 15.2. The molecule has 11 heteroatoms. The van der Waals surface area contributed by atoms with Crippen LogP contribution in [0.4, 0.5) is 13.2 Å². The Bertz CT molecular complexity index is 827. The lowest BCUT2D eigenvalue weighted by molar-refractivity contribution is -0.146. The van der Waals surface area contributed by atoms with Crippen molar-refractivity contribution >= 4 is 33.3 Å². The van der Waals surface area contributed by atoms with Crippen LogP contribution in [0.15, 0.2) is 34.2 Å². The Balaban J connectivity index is 1.78. The molecule has 0 aliphatic heterocycles. The van der Waals surface area contributed by atoms with Gasteiger partial charge in [0.25, 0.3) is 5.82 Å². The lowest BCUT2D eigenvalue weighted by Crippen LogP contribution is -2.21. The average molecular weight is 393 g/mol. The largest absolute Gasteiger partial charge is 0.453 e. The van der Waals surface area contributed by atoms with Gasteiger partial charge in [-0.05, 0) is 28.1 Å². The topological polar surface area (TPSA) is 74.0 Å².